The summed E-state index contributed by atoms with van der Waals surface area (Å²) in [5.41, 5.74) is 0. The highest BCUT2D eigenvalue weighted by molar-refractivity contribution is 5.81. The van der Waals surface area contributed by atoms with Gasteiger partial charge in [-0.3, -0.25) is 4.84 Å². The normalized spacial score (nSPS) is 12.2. The molecule has 4 nitrogen and oxygen atoms in total. The summed E-state index contributed by atoms with van der Waals surface area (Å²) in [5.74, 6) is 4.33. The van der Waals surface area contributed by atoms with Gasteiger partial charge in [-0.1, -0.05) is 19.9 Å². The fraction of sp³-hybridized carbons (Fsp3) is 0.571. The maximum atomic E-state index is 10.6. The average Bonchev–Trinajstić information content (AvgIpc) is 2.03. The van der Waals surface area contributed by atoms with Crippen molar-refractivity contribution < 1.29 is 14.4 Å². The summed E-state index contributed by atoms with van der Waals surface area (Å²) in [5, 5.41) is 0. The summed E-state index contributed by atoms with van der Waals surface area (Å²) in [4.78, 5) is 15.0. The number of esters is 1. The molecule has 0 heterocycles. The van der Waals surface area contributed by atoms with Crippen molar-refractivity contribution >= 4 is 5.97 Å². The molecule has 0 amide bonds. The number of hydrogen-bond donors (Lipinski definition) is 1. The lowest BCUT2D eigenvalue weighted by Gasteiger charge is -2.12. The van der Waals surface area contributed by atoms with Crippen LogP contribution in [0.2, 0.25) is 0 Å². The van der Waals surface area contributed by atoms with Gasteiger partial charge >= 0.3 is 5.97 Å². The Hall–Kier alpha value is -0.870. The molecule has 0 saturated carbocycles. The minimum Gasteiger partial charge on any atom is -0.431 e. The quantitative estimate of drug-likeness (QED) is 0.278. The maximum absolute atomic E-state index is 10.6. The summed E-state index contributed by atoms with van der Waals surface area (Å²) < 4.78 is 4.69. The molecule has 0 aromatic rings. The van der Waals surface area contributed by atoms with Crippen LogP contribution in [0, 0.1) is 0 Å². The molecule has 4 heteroatoms. The van der Waals surface area contributed by atoms with E-state index in [4.69, 9.17) is 5.90 Å². The van der Waals surface area contributed by atoms with Crippen LogP contribution in [0.1, 0.15) is 19.8 Å². The Morgan fingerprint density at radius 1 is 1.82 bits per heavy atom. The van der Waals surface area contributed by atoms with Gasteiger partial charge in [0.05, 0.1) is 0 Å². The molecule has 1 atom stereocenters. The first-order valence-electron chi connectivity index (χ1n) is 3.43. The number of ether oxygens (including phenoxy) is 1. The van der Waals surface area contributed by atoms with E-state index in [9.17, 15) is 4.79 Å². The van der Waals surface area contributed by atoms with Gasteiger partial charge in [-0.15, -0.1) is 0 Å². The van der Waals surface area contributed by atoms with Crippen LogP contribution in [0.15, 0.2) is 12.7 Å². The lowest BCUT2D eigenvalue weighted by molar-refractivity contribution is -0.175. The second kappa shape index (κ2) is 5.88. The molecule has 0 aliphatic carbocycles. The van der Waals surface area contributed by atoms with Crippen molar-refractivity contribution in [3.63, 3.8) is 0 Å². The summed E-state index contributed by atoms with van der Waals surface area (Å²) in [7, 11) is 0. The Labute approximate surface area is 65.9 Å². The second-order valence-electron chi connectivity index (χ2n) is 2.00. The van der Waals surface area contributed by atoms with Crippen LogP contribution in [0.5, 0.6) is 0 Å². The highest BCUT2D eigenvalue weighted by Crippen LogP contribution is 2.01. The third kappa shape index (κ3) is 4.52. The zero-order valence-corrected chi connectivity index (χ0v) is 6.58. The molecular formula is C7H13NO3. The van der Waals surface area contributed by atoms with Gasteiger partial charge in [0, 0.05) is 12.5 Å². The van der Waals surface area contributed by atoms with Crippen molar-refractivity contribution in [3.8, 4) is 0 Å². The van der Waals surface area contributed by atoms with E-state index in [1.807, 2.05) is 6.92 Å². The smallest absolute Gasteiger partial charge is 0.332 e. The SMILES string of the molecule is C=CC(=O)OC(CCC)ON. The Balaban J connectivity index is 3.67. The van der Waals surface area contributed by atoms with E-state index < -0.39 is 12.3 Å². The van der Waals surface area contributed by atoms with Crippen molar-refractivity contribution in [2.24, 2.45) is 5.90 Å². The van der Waals surface area contributed by atoms with Crippen molar-refractivity contribution in [2.45, 2.75) is 26.1 Å². The van der Waals surface area contributed by atoms with Crippen molar-refractivity contribution in [2.75, 3.05) is 0 Å². The number of hydrogen-bond acceptors (Lipinski definition) is 4. The van der Waals surface area contributed by atoms with Crippen molar-refractivity contribution in [1.29, 1.82) is 0 Å². The fourth-order valence-electron chi connectivity index (χ4n) is 0.568. The first-order chi connectivity index (χ1) is 5.24. The van der Waals surface area contributed by atoms with E-state index in [0.717, 1.165) is 12.5 Å². The van der Waals surface area contributed by atoms with Crippen LogP contribution in [-0.4, -0.2) is 12.3 Å². The Kier molecular flexibility index (Phi) is 5.42. The van der Waals surface area contributed by atoms with E-state index >= 15 is 0 Å². The van der Waals surface area contributed by atoms with E-state index in [2.05, 4.69) is 16.2 Å². The van der Waals surface area contributed by atoms with E-state index in [-0.39, 0.29) is 0 Å². The summed E-state index contributed by atoms with van der Waals surface area (Å²) in [6, 6.07) is 0. The van der Waals surface area contributed by atoms with Crippen LogP contribution in [0.3, 0.4) is 0 Å². The minimum absolute atomic E-state index is 0.520. The van der Waals surface area contributed by atoms with Gasteiger partial charge in [0.2, 0.25) is 6.29 Å². The predicted octanol–water partition coefficient (Wildman–Crippen LogP) is 0.732. The first kappa shape index (κ1) is 10.1. The Morgan fingerprint density at radius 3 is 2.82 bits per heavy atom. The Bertz CT molecular complexity index is 136. The molecule has 0 aromatic carbocycles. The highest BCUT2D eigenvalue weighted by Gasteiger charge is 2.09. The molecular weight excluding hydrogens is 146 g/mol. The molecule has 0 saturated heterocycles. The first-order valence-corrected chi connectivity index (χ1v) is 3.43. The molecule has 0 rings (SSSR count). The summed E-state index contributed by atoms with van der Waals surface area (Å²) in [6.45, 7) is 5.18. The maximum Gasteiger partial charge on any atom is 0.332 e. The van der Waals surface area contributed by atoms with Crippen LogP contribution < -0.4 is 5.90 Å². The molecule has 64 valence electrons. The van der Waals surface area contributed by atoms with Crippen molar-refractivity contribution in [1.82, 2.24) is 0 Å². The number of nitrogens with two attached hydrogens (primary N) is 1. The van der Waals surface area contributed by atoms with Gasteiger partial charge in [-0.05, 0) is 0 Å². The molecule has 0 aliphatic heterocycles. The molecule has 0 fully saturated rings. The topological polar surface area (TPSA) is 61.5 Å². The number of rotatable bonds is 5. The number of carbonyl (C=O) groups excluding carboxylic acids is 1. The third-order valence-corrected chi connectivity index (χ3v) is 1.09. The van der Waals surface area contributed by atoms with Gasteiger partial charge in [0.15, 0.2) is 0 Å². The van der Waals surface area contributed by atoms with Crippen LogP contribution in [0.25, 0.3) is 0 Å². The fourth-order valence-corrected chi connectivity index (χ4v) is 0.568. The third-order valence-electron chi connectivity index (χ3n) is 1.09. The predicted molar refractivity (Wildman–Crippen MR) is 40.3 cm³/mol. The zero-order valence-electron chi connectivity index (χ0n) is 6.58. The van der Waals surface area contributed by atoms with Gasteiger partial charge in [0.25, 0.3) is 0 Å². The Morgan fingerprint density at radius 2 is 2.45 bits per heavy atom. The molecule has 11 heavy (non-hydrogen) atoms. The van der Waals surface area contributed by atoms with Crippen LogP contribution >= 0.6 is 0 Å². The summed E-state index contributed by atoms with van der Waals surface area (Å²) in [6.07, 6.45) is 1.86. The standard InChI is InChI=1S/C7H13NO3/c1-3-5-7(11-8)10-6(9)4-2/h4,7H,2-3,5,8H2,1H3. The molecule has 0 bridgehead atoms. The van der Waals surface area contributed by atoms with Crippen LogP contribution in [-0.2, 0) is 14.4 Å². The lowest BCUT2D eigenvalue weighted by atomic mass is 10.3. The zero-order chi connectivity index (χ0) is 8.69. The molecule has 0 spiro atoms. The summed E-state index contributed by atoms with van der Waals surface area (Å²) >= 11 is 0. The highest BCUT2D eigenvalue weighted by atomic mass is 16.8. The minimum atomic E-state index is -0.648. The molecule has 2 N–H and O–H groups in total. The number of carbonyl (C=O) groups is 1. The van der Waals surface area contributed by atoms with Crippen molar-refractivity contribution in [3.05, 3.63) is 12.7 Å². The lowest BCUT2D eigenvalue weighted by Crippen LogP contribution is -2.23. The van der Waals surface area contributed by atoms with E-state index in [1.54, 1.807) is 0 Å². The van der Waals surface area contributed by atoms with Gasteiger partial charge in [-0.25, -0.2) is 10.7 Å². The van der Waals surface area contributed by atoms with Gasteiger partial charge in [0.1, 0.15) is 0 Å². The molecule has 0 aromatic heterocycles. The van der Waals surface area contributed by atoms with Crippen LogP contribution in [0.4, 0.5) is 0 Å². The molecule has 0 radical (unpaired) electrons. The average molecular weight is 159 g/mol. The molecule has 0 aliphatic rings. The van der Waals surface area contributed by atoms with E-state index in [0.29, 0.717) is 6.42 Å². The van der Waals surface area contributed by atoms with E-state index in [1.165, 1.54) is 0 Å². The second-order valence-corrected chi connectivity index (χ2v) is 2.00. The van der Waals surface area contributed by atoms with Gasteiger partial charge in [-0.2, -0.15) is 0 Å². The monoisotopic (exact) mass is 159 g/mol. The van der Waals surface area contributed by atoms with Gasteiger partial charge < -0.3 is 4.74 Å². The molecule has 1 unspecified atom stereocenters. The largest absolute Gasteiger partial charge is 0.431 e.